The van der Waals surface area contributed by atoms with E-state index in [-0.39, 0.29) is 28.4 Å². The second-order valence-corrected chi connectivity index (χ2v) is 8.25. The molecule has 0 aliphatic heterocycles. The van der Waals surface area contributed by atoms with Gasteiger partial charge < -0.3 is 15.4 Å². The van der Waals surface area contributed by atoms with Crippen molar-refractivity contribution in [1.29, 1.82) is 0 Å². The molecule has 0 unspecified atom stereocenters. The Labute approximate surface area is 176 Å². The van der Waals surface area contributed by atoms with Gasteiger partial charge in [0, 0.05) is 0 Å². The van der Waals surface area contributed by atoms with Gasteiger partial charge in [0.05, 0.1) is 22.3 Å². The lowest BCUT2D eigenvalue weighted by Gasteiger charge is -2.12. The van der Waals surface area contributed by atoms with Gasteiger partial charge in [-0.3, -0.25) is 4.55 Å². The van der Waals surface area contributed by atoms with Gasteiger partial charge in [-0.15, -0.1) is 10.2 Å². The molecule has 1 aromatic heterocycles. The standard InChI is InChI=1S/C20H17N5O5S/c1-10-7-12-9-16(31(27,28)29)18(21)19(17(12)15(26)8-10)24-23-14-6-4-3-5-13(14)20-22-11(2)25-30-20/h3-9,26H,21H2,1-2H3,(H,27,28,29). The summed E-state index contributed by atoms with van der Waals surface area (Å²) in [5.41, 5.74) is 7.10. The number of phenols is 1. The molecule has 4 aromatic rings. The van der Waals surface area contributed by atoms with Gasteiger partial charge in [-0.1, -0.05) is 23.4 Å². The van der Waals surface area contributed by atoms with E-state index in [9.17, 15) is 18.1 Å². The van der Waals surface area contributed by atoms with E-state index in [0.29, 0.717) is 28.0 Å². The predicted molar refractivity (Wildman–Crippen MR) is 113 cm³/mol. The fourth-order valence-electron chi connectivity index (χ4n) is 3.21. The Morgan fingerprint density at radius 2 is 1.84 bits per heavy atom. The van der Waals surface area contributed by atoms with E-state index in [1.165, 1.54) is 12.1 Å². The lowest BCUT2D eigenvalue weighted by Crippen LogP contribution is -2.03. The molecule has 158 valence electrons. The molecule has 0 radical (unpaired) electrons. The number of benzene rings is 3. The number of nitrogens with two attached hydrogens (primary N) is 1. The molecule has 0 spiro atoms. The van der Waals surface area contributed by atoms with Gasteiger partial charge in [0.1, 0.15) is 16.3 Å². The van der Waals surface area contributed by atoms with Crippen molar-refractivity contribution >= 4 is 38.0 Å². The third kappa shape index (κ3) is 3.83. The molecule has 0 fully saturated rings. The molecule has 11 heteroatoms. The van der Waals surface area contributed by atoms with E-state index in [2.05, 4.69) is 20.4 Å². The molecule has 0 aliphatic rings. The summed E-state index contributed by atoms with van der Waals surface area (Å²) in [6.45, 7) is 3.40. The van der Waals surface area contributed by atoms with Crippen molar-refractivity contribution in [2.75, 3.05) is 5.73 Å². The Kier molecular flexibility index (Phi) is 4.91. The van der Waals surface area contributed by atoms with Crippen LogP contribution in [0.1, 0.15) is 11.4 Å². The molecule has 3 aromatic carbocycles. The molecule has 1 heterocycles. The predicted octanol–water partition coefficient (Wildman–Crippen LogP) is 4.46. The fraction of sp³-hybridized carbons (Fsp3) is 0.100. The van der Waals surface area contributed by atoms with Crippen LogP contribution in [0.4, 0.5) is 17.1 Å². The van der Waals surface area contributed by atoms with Crippen molar-refractivity contribution in [2.24, 2.45) is 10.2 Å². The Hall–Kier alpha value is -3.83. The first-order chi connectivity index (χ1) is 14.6. The third-order valence-corrected chi connectivity index (χ3v) is 5.43. The summed E-state index contributed by atoms with van der Waals surface area (Å²) >= 11 is 0. The average molecular weight is 439 g/mol. The first kappa shape index (κ1) is 20.4. The Morgan fingerprint density at radius 3 is 2.52 bits per heavy atom. The maximum Gasteiger partial charge on any atom is 0.296 e. The van der Waals surface area contributed by atoms with E-state index in [1.54, 1.807) is 44.2 Å². The Morgan fingerprint density at radius 1 is 1.10 bits per heavy atom. The van der Waals surface area contributed by atoms with E-state index >= 15 is 0 Å². The Balaban J connectivity index is 1.96. The van der Waals surface area contributed by atoms with Gasteiger partial charge in [-0.25, -0.2) is 0 Å². The molecule has 0 aliphatic carbocycles. The number of hydrogen-bond acceptors (Lipinski definition) is 9. The summed E-state index contributed by atoms with van der Waals surface area (Å²) in [6, 6.07) is 11.1. The van der Waals surface area contributed by atoms with Gasteiger partial charge in [-0.2, -0.15) is 13.4 Å². The van der Waals surface area contributed by atoms with Crippen molar-refractivity contribution in [3.63, 3.8) is 0 Å². The summed E-state index contributed by atoms with van der Waals surface area (Å²) < 4.78 is 38.5. The van der Waals surface area contributed by atoms with Gasteiger partial charge in [-0.05, 0) is 49.1 Å². The minimum absolute atomic E-state index is 0.0980. The van der Waals surface area contributed by atoms with Crippen molar-refractivity contribution in [3.8, 4) is 17.2 Å². The summed E-state index contributed by atoms with van der Waals surface area (Å²) in [7, 11) is -4.65. The van der Waals surface area contributed by atoms with Crippen LogP contribution in [0.2, 0.25) is 0 Å². The van der Waals surface area contributed by atoms with E-state index in [4.69, 9.17) is 10.3 Å². The zero-order valence-electron chi connectivity index (χ0n) is 16.4. The number of hydrogen-bond donors (Lipinski definition) is 3. The zero-order valence-corrected chi connectivity index (χ0v) is 17.3. The second-order valence-electron chi connectivity index (χ2n) is 6.86. The van der Waals surface area contributed by atoms with E-state index in [1.807, 2.05) is 0 Å². The number of phenolic OH excluding ortho intramolecular Hbond substituents is 1. The topological polar surface area (TPSA) is 164 Å². The highest BCUT2D eigenvalue weighted by molar-refractivity contribution is 7.86. The van der Waals surface area contributed by atoms with Crippen LogP contribution in [0.5, 0.6) is 5.75 Å². The van der Waals surface area contributed by atoms with Gasteiger partial charge in [0.2, 0.25) is 0 Å². The van der Waals surface area contributed by atoms with Crippen LogP contribution in [0, 0.1) is 13.8 Å². The van der Waals surface area contributed by atoms with Crippen molar-refractivity contribution in [1.82, 2.24) is 10.1 Å². The smallest absolute Gasteiger partial charge is 0.296 e. The number of nitrogen functional groups attached to an aromatic ring is 1. The molecule has 10 nitrogen and oxygen atoms in total. The number of anilines is 1. The fourth-order valence-corrected chi connectivity index (χ4v) is 3.86. The lowest BCUT2D eigenvalue weighted by atomic mass is 10.0. The van der Waals surface area contributed by atoms with Crippen LogP contribution in [0.3, 0.4) is 0 Å². The highest BCUT2D eigenvalue weighted by Gasteiger charge is 2.22. The molecule has 4 N–H and O–H groups in total. The summed E-state index contributed by atoms with van der Waals surface area (Å²) in [4.78, 5) is 3.65. The number of aryl methyl sites for hydroxylation is 2. The average Bonchev–Trinajstić information content (AvgIpc) is 3.12. The number of azo groups is 1. The van der Waals surface area contributed by atoms with Crippen molar-refractivity contribution < 1.29 is 22.6 Å². The third-order valence-electron chi connectivity index (χ3n) is 4.53. The number of fused-ring (bicyclic) bond motifs is 1. The summed E-state index contributed by atoms with van der Waals surface area (Å²) in [6.07, 6.45) is 0. The Bertz CT molecular complexity index is 1460. The molecular weight excluding hydrogens is 422 g/mol. The molecule has 4 rings (SSSR count). The number of rotatable bonds is 4. The summed E-state index contributed by atoms with van der Waals surface area (Å²) in [5, 5.41) is 23.1. The first-order valence-corrected chi connectivity index (χ1v) is 10.4. The van der Waals surface area contributed by atoms with Crippen LogP contribution in [0.15, 0.2) is 62.1 Å². The van der Waals surface area contributed by atoms with E-state index in [0.717, 1.165) is 0 Å². The molecule has 0 amide bonds. The molecular formula is C20H17N5O5S. The van der Waals surface area contributed by atoms with Gasteiger partial charge in [0.15, 0.2) is 5.82 Å². The molecule has 31 heavy (non-hydrogen) atoms. The quantitative estimate of drug-likeness (QED) is 0.238. The molecule has 0 bridgehead atoms. The normalized spacial score (nSPS) is 12.1. The minimum atomic E-state index is -4.65. The van der Waals surface area contributed by atoms with Gasteiger partial charge in [0.25, 0.3) is 16.0 Å². The lowest BCUT2D eigenvalue weighted by molar-refractivity contribution is 0.425. The highest BCUT2D eigenvalue weighted by atomic mass is 32.2. The SMILES string of the molecule is Cc1cc(O)c2c(N=Nc3ccccc3-c3nc(C)no3)c(N)c(S(=O)(=O)O)cc2c1. The largest absolute Gasteiger partial charge is 0.507 e. The van der Waals surface area contributed by atoms with Crippen LogP contribution in [0.25, 0.3) is 22.2 Å². The minimum Gasteiger partial charge on any atom is -0.507 e. The van der Waals surface area contributed by atoms with Crippen molar-refractivity contribution in [3.05, 3.63) is 53.9 Å². The number of aromatic hydroxyl groups is 1. The summed E-state index contributed by atoms with van der Waals surface area (Å²) in [5.74, 6) is 0.520. The molecule has 0 saturated heterocycles. The first-order valence-electron chi connectivity index (χ1n) is 9.00. The second kappa shape index (κ2) is 7.45. The van der Waals surface area contributed by atoms with Crippen LogP contribution >= 0.6 is 0 Å². The van der Waals surface area contributed by atoms with Crippen LogP contribution in [-0.4, -0.2) is 28.2 Å². The highest BCUT2D eigenvalue weighted by Crippen LogP contribution is 2.43. The van der Waals surface area contributed by atoms with E-state index < -0.39 is 15.0 Å². The maximum absolute atomic E-state index is 11.8. The molecule has 0 atom stereocenters. The van der Waals surface area contributed by atoms with Crippen LogP contribution < -0.4 is 5.73 Å². The number of aromatic nitrogens is 2. The maximum atomic E-state index is 11.8. The molecule has 0 saturated carbocycles. The van der Waals surface area contributed by atoms with Gasteiger partial charge >= 0.3 is 0 Å². The monoisotopic (exact) mass is 439 g/mol. The van der Waals surface area contributed by atoms with Crippen LogP contribution in [-0.2, 0) is 10.1 Å². The zero-order chi connectivity index (χ0) is 22.3. The number of nitrogens with zero attached hydrogens (tertiary/aromatic N) is 4. The van der Waals surface area contributed by atoms with Crippen molar-refractivity contribution in [2.45, 2.75) is 18.7 Å².